The summed E-state index contributed by atoms with van der Waals surface area (Å²) in [4.78, 5) is 45.3. The molecule has 0 aliphatic carbocycles. The largest absolute Gasteiger partial charge is 0.464 e. The van der Waals surface area contributed by atoms with Crippen LogP contribution in [0.4, 0.5) is 14.5 Å². The van der Waals surface area contributed by atoms with Crippen LogP contribution in [-0.4, -0.2) is 90.7 Å². The predicted molar refractivity (Wildman–Crippen MR) is 184 cm³/mol. The minimum absolute atomic E-state index is 0.00990. The molecule has 2 N–H and O–H groups in total. The molecule has 1 aromatic heterocycles. The Labute approximate surface area is 303 Å². The number of aromatic nitrogens is 1. The molecule has 2 aliphatic rings. The molecule has 17 heteroatoms. The van der Waals surface area contributed by atoms with E-state index in [4.69, 9.17) is 27.9 Å². The Morgan fingerprint density at radius 2 is 1.76 bits per heavy atom. The number of amides is 2. The van der Waals surface area contributed by atoms with Gasteiger partial charge in [-0.3, -0.25) is 19.5 Å². The third-order valence-electron chi connectivity index (χ3n) is 8.77. The Bertz CT molecular complexity index is 1920. The maximum atomic E-state index is 14.0. The molecule has 5 rings (SSSR count). The molecule has 2 aromatic carbocycles. The lowest BCUT2D eigenvalue weighted by Crippen LogP contribution is -2.51. The van der Waals surface area contributed by atoms with Gasteiger partial charge in [-0.05, 0) is 49.2 Å². The monoisotopic (exact) mass is 762 g/mol. The number of esters is 1. The molecule has 2 amide bonds. The van der Waals surface area contributed by atoms with Gasteiger partial charge in [0.1, 0.15) is 12.1 Å². The highest BCUT2D eigenvalue weighted by Crippen LogP contribution is 2.34. The number of hydrogen-bond donors (Lipinski definition) is 2. The van der Waals surface area contributed by atoms with Crippen LogP contribution in [-0.2, 0) is 30.8 Å². The summed E-state index contributed by atoms with van der Waals surface area (Å²) in [5, 5.41) is 14.9. The number of benzene rings is 2. The van der Waals surface area contributed by atoms with E-state index in [1.807, 2.05) is 6.07 Å². The molecule has 2 fully saturated rings. The van der Waals surface area contributed by atoms with Crippen LogP contribution in [0.25, 0.3) is 0 Å². The van der Waals surface area contributed by atoms with Gasteiger partial charge in [0.15, 0.2) is 0 Å². The first-order valence-corrected chi connectivity index (χ1v) is 18.2. The summed E-state index contributed by atoms with van der Waals surface area (Å²) in [5.41, 5.74) is 1.11. The average Bonchev–Trinajstić information content (AvgIpc) is 3.55. The molecular formula is C34H34Cl2F2N6O6S. The molecule has 51 heavy (non-hydrogen) atoms. The minimum Gasteiger partial charge on any atom is -0.464 e. The predicted octanol–water partition coefficient (Wildman–Crippen LogP) is 4.67. The Hall–Kier alpha value is -4.20. The highest BCUT2D eigenvalue weighted by atomic mass is 35.5. The number of likely N-dealkylation sites (tertiary alicyclic amines) is 1. The number of sulfonamides is 1. The zero-order valence-electron chi connectivity index (χ0n) is 27.3. The average molecular weight is 764 g/mol. The molecule has 2 aliphatic heterocycles. The molecule has 0 saturated carbocycles. The number of nitrogens with zero attached hydrogens (tertiary/aromatic N) is 4. The first kappa shape index (κ1) is 38.0. The van der Waals surface area contributed by atoms with Crippen molar-refractivity contribution in [1.29, 1.82) is 5.26 Å². The number of anilines is 1. The van der Waals surface area contributed by atoms with Gasteiger partial charge in [-0.2, -0.15) is 9.57 Å². The van der Waals surface area contributed by atoms with E-state index in [1.54, 1.807) is 36.1 Å². The van der Waals surface area contributed by atoms with Gasteiger partial charge in [0.25, 0.3) is 11.8 Å². The molecule has 2 saturated heterocycles. The number of pyridine rings is 1. The Balaban J connectivity index is 1.36. The van der Waals surface area contributed by atoms with Gasteiger partial charge >= 0.3 is 5.97 Å². The fourth-order valence-corrected chi connectivity index (χ4v) is 8.33. The molecule has 3 atom stereocenters. The van der Waals surface area contributed by atoms with Crippen LogP contribution in [0.15, 0.2) is 65.8 Å². The van der Waals surface area contributed by atoms with Gasteiger partial charge < -0.3 is 15.4 Å². The van der Waals surface area contributed by atoms with E-state index >= 15 is 0 Å². The van der Waals surface area contributed by atoms with Crippen molar-refractivity contribution in [3.63, 3.8) is 0 Å². The fourth-order valence-electron chi connectivity index (χ4n) is 6.12. The van der Waals surface area contributed by atoms with Gasteiger partial charge in [-0.25, -0.2) is 22.0 Å². The standard InChI is InChI=1S/C34H34Cl2F2N6O6S/c1-2-50-33(47)28(15-21-6-8-23(9-7-21)41-32(46)30-26(35)18-40-19-27(30)36)42-31(45)29-16-24(43-12-10-34(37,38)11-13-43)20-44(29)51(48,49)25-5-3-4-22(14-25)17-39/h3-9,14,18-19,24,28-29H,2,10-13,15-16,20H2,1H3,(H,41,46)(H,42,45)/t24-,28+,29?/m0/s1. The number of halogens is 4. The summed E-state index contributed by atoms with van der Waals surface area (Å²) in [6.07, 6.45) is 1.73. The molecule has 0 spiro atoms. The number of ether oxygens (including phenoxy) is 1. The van der Waals surface area contributed by atoms with Crippen molar-refractivity contribution < 1.29 is 36.3 Å². The smallest absolute Gasteiger partial charge is 0.328 e. The topological polar surface area (TPSA) is 162 Å². The molecule has 0 bridgehead atoms. The Morgan fingerprint density at radius 1 is 1.10 bits per heavy atom. The maximum Gasteiger partial charge on any atom is 0.328 e. The van der Waals surface area contributed by atoms with Crippen LogP contribution < -0.4 is 10.6 Å². The number of carbonyl (C=O) groups excluding carboxylic acids is 3. The highest BCUT2D eigenvalue weighted by molar-refractivity contribution is 7.89. The number of nitriles is 1. The van der Waals surface area contributed by atoms with E-state index < -0.39 is 64.7 Å². The third kappa shape index (κ3) is 9.00. The van der Waals surface area contributed by atoms with Crippen LogP contribution in [0.2, 0.25) is 10.0 Å². The zero-order valence-corrected chi connectivity index (χ0v) is 29.6. The first-order valence-electron chi connectivity index (χ1n) is 16.0. The van der Waals surface area contributed by atoms with E-state index in [1.165, 1.54) is 36.7 Å². The lowest BCUT2D eigenvalue weighted by atomic mass is 10.0. The van der Waals surface area contributed by atoms with E-state index in [9.17, 15) is 36.8 Å². The number of nitrogens with one attached hydrogen (secondary N) is 2. The summed E-state index contributed by atoms with van der Waals surface area (Å²) >= 11 is 12.2. The molecule has 3 aromatic rings. The second-order valence-corrected chi connectivity index (χ2v) is 14.9. The number of rotatable bonds is 11. The fraction of sp³-hybridized carbons (Fsp3) is 0.382. The second kappa shape index (κ2) is 16.0. The van der Waals surface area contributed by atoms with Gasteiger partial charge in [0.05, 0.1) is 38.7 Å². The third-order valence-corrected chi connectivity index (χ3v) is 11.2. The number of alkyl halides is 2. The lowest BCUT2D eigenvalue weighted by molar-refractivity contribution is -0.147. The van der Waals surface area contributed by atoms with Crippen molar-refractivity contribution in [2.24, 2.45) is 0 Å². The van der Waals surface area contributed by atoms with Crippen LogP contribution >= 0.6 is 23.2 Å². The minimum atomic E-state index is -4.35. The first-order chi connectivity index (χ1) is 24.2. The van der Waals surface area contributed by atoms with Crippen molar-refractivity contribution in [2.75, 3.05) is 31.6 Å². The summed E-state index contributed by atoms with van der Waals surface area (Å²) in [6, 6.07) is 10.6. The van der Waals surface area contributed by atoms with E-state index in [0.29, 0.717) is 11.3 Å². The van der Waals surface area contributed by atoms with E-state index in [-0.39, 0.29) is 65.2 Å². The van der Waals surface area contributed by atoms with Crippen LogP contribution in [0.3, 0.4) is 0 Å². The van der Waals surface area contributed by atoms with Crippen molar-refractivity contribution in [3.05, 3.63) is 87.7 Å². The highest BCUT2D eigenvalue weighted by Gasteiger charge is 2.48. The summed E-state index contributed by atoms with van der Waals surface area (Å²) in [6.45, 7) is 1.50. The van der Waals surface area contributed by atoms with Crippen molar-refractivity contribution in [2.45, 2.75) is 61.6 Å². The normalized spacial score (nSPS) is 19.8. The van der Waals surface area contributed by atoms with E-state index in [0.717, 1.165) is 4.31 Å². The Morgan fingerprint density at radius 3 is 2.39 bits per heavy atom. The number of carbonyl (C=O) groups is 3. The molecule has 3 heterocycles. The molecule has 1 unspecified atom stereocenters. The maximum absolute atomic E-state index is 14.0. The van der Waals surface area contributed by atoms with Crippen molar-refractivity contribution in [3.8, 4) is 6.07 Å². The summed E-state index contributed by atoms with van der Waals surface area (Å²) in [7, 11) is -4.35. The van der Waals surface area contributed by atoms with Crippen molar-refractivity contribution in [1.82, 2.24) is 19.5 Å². The summed E-state index contributed by atoms with van der Waals surface area (Å²) < 4.78 is 62.1. The van der Waals surface area contributed by atoms with Crippen molar-refractivity contribution >= 4 is 56.7 Å². The Kier molecular flexibility index (Phi) is 11.9. The number of hydrogen-bond acceptors (Lipinski definition) is 9. The SMILES string of the molecule is CCOC(=O)[C@@H](Cc1ccc(NC(=O)c2c(Cl)cncc2Cl)cc1)NC(=O)C1C[C@H](N2CCC(F)(F)CC2)CN1S(=O)(=O)c1cccc(C#N)c1. The molecule has 0 radical (unpaired) electrons. The van der Waals surface area contributed by atoms with Crippen LogP contribution in [0.1, 0.15) is 47.7 Å². The van der Waals surface area contributed by atoms with Gasteiger partial charge in [0, 0.05) is 63.0 Å². The number of piperidine rings is 1. The molecule has 12 nitrogen and oxygen atoms in total. The van der Waals surface area contributed by atoms with Gasteiger partial charge in [0.2, 0.25) is 15.9 Å². The van der Waals surface area contributed by atoms with Crippen LogP contribution in [0.5, 0.6) is 0 Å². The zero-order chi connectivity index (χ0) is 36.9. The quantitative estimate of drug-likeness (QED) is 0.265. The lowest BCUT2D eigenvalue weighted by Gasteiger charge is -2.35. The molecular weight excluding hydrogens is 729 g/mol. The second-order valence-electron chi connectivity index (χ2n) is 12.2. The van der Waals surface area contributed by atoms with Gasteiger partial charge in [-0.1, -0.05) is 41.4 Å². The summed E-state index contributed by atoms with van der Waals surface area (Å²) in [5.74, 6) is -4.92. The molecule has 270 valence electrons. The van der Waals surface area contributed by atoms with Crippen LogP contribution in [0, 0.1) is 11.3 Å². The van der Waals surface area contributed by atoms with Gasteiger partial charge in [-0.15, -0.1) is 0 Å². The van der Waals surface area contributed by atoms with E-state index in [2.05, 4.69) is 15.6 Å².